The highest BCUT2D eigenvalue weighted by atomic mass is 35.5. The number of fused-ring (bicyclic) bond motifs is 2. The van der Waals surface area contributed by atoms with Crippen LogP contribution < -0.4 is 10.2 Å². The van der Waals surface area contributed by atoms with Gasteiger partial charge in [-0.3, -0.25) is 4.90 Å². The molecule has 7 nitrogen and oxygen atoms in total. The summed E-state index contributed by atoms with van der Waals surface area (Å²) in [5.41, 5.74) is 0.860. The average molecular weight is 399 g/mol. The fourth-order valence-electron chi connectivity index (χ4n) is 4.36. The van der Waals surface area contributed by atoms with Crippen LogP contribution in [0.3, 0.4) is 0 Å². The Bertz CT molecular complexity index is 945. The molecule has 1 aromatic carbocycles. The van der Waals surface area contributed by atoms with Crippen LogP contribution in [0.2, 0.25) is 5.02 Å². The van der Waals surface area contributed by atoms with Gasteiger partial charge in [-0.1, -0.05) is 28.9 Å². The van der Waals surface area contributed by atoms with Crippen LogP contribution in [0.1, 0.15) is 12.8 Å². The molecule has 0 unspecified atom stereocenters. The van der Waals surface area contributed by atoms with E-state index in [1.807, 2.05) is 18.2 Å². The molecule has 0 spiro atoms. The van der Waals surface area contributed by atoms with Crippen LogP contribution in [0.15, 0.2) is 41.2 Å². The average Bonchev–Trinajstić information content (AvgIpc) is 3.17. The van der Waals surface area contributed by atoms with E-state index >= 15 is 0 Å². The predicted molar refractivity (Wildman–Crippen MR) is 110 cm³/mol. The minimum Gasteiger partial charge on any atom is -0.354 e. The Morgan fingerprint density at radius 3 is 2.86 bits per heavy atom. The summed E-state index contributed by atoms with van der Waals surface area (Å²) in [4.78, 5) is 13.4. The van der Waals surface area contributed by atoms with Gasteiger partial charge in [-0.05, 0) is 30.9 Å². The van der Waals surface area contributed by atoms with Gasteiger partial charge in [-0.25, -0.2) is 9.97 Å². The summed E-state index contributed by atoms with van der Waals surface area (Å²) >= 11 is 5.84. The fraction of sp³-hybridized carbons (Fsp3) is 0.450. The zero-order chi connectivity index (χ0) is 18.9. The number of piperazine rings is 1. The maximum absolute atomic E-state index is 5.84. The maximum Gasteiger partial charge on any atom is 0.222 e. The zero-order valence-electron chi connectivity index (χ0n) is 15.6. The molecular formula is C20H23ClN6O. The first-order valence-corrected chi connectivity index (χ1v) is 10.2. The number of halogens is 1. The molecule has 2 aliphatic rings. The predicted octanol–water partition coefficient (Wildman–Crippen LogP) is 3.28. The molecular weight excluding hydrogens is 376 g/mol. The molecule has 2 atom stereocenters. The Labute approximate surface area is 168 Å². The number of anilines is 2. The van der Waals surface area contributed by atoms with Crippen LogP contribution in [0.4, 0.5) is 11.8 Å². The standard InChI is InChI=1S/C20H23ClN6O/c21-15-10-23-20(24-11-15)22-9-14-5-6-16-13-27(8-7-26(16)12-14)19-17-3-1-2-4-18(17)28-25-19/h1-4,10-11,14,16H,5-9,12-13H2,(H,22,23,24)/t14-,16-/m0/s1. The lowest BCUT2D eigenvalue weighted by molar-refractivity contribution is 0.0994. The molecule has 8 heteroatoms. The molecule has 2 aliphatic heterocycles. The van der Waals surface area contributed by atoms with Gasteiger partial charge in [0.2, 0.25) is 5.95 Å². The van der Waals surface area contributed by atoms with Crippen LogP contribution >= 0.6 is 11.6 Å². The Hall–Kier alpha value is -2.38. The number of hydrogen-bond donors (Lipinski definition) is 1. The van der Waals surface area contributed by atoms with E-state index in [1.165, 1.54) is 12.8 Å². The first-order chi connectivity index (χ1) is 13.8. The smallest absolute Gasteiger partial charge is 0.222 e. The molecule has 3 aromatic rings. The Morgan fingerprint density at radius 1 is 1.11 bits per heavy atom. The summed E-state index contributed by atoms with van der Waals surface area (Å²) in [6, 6.07) is 8.67. The molecule has 5 rings (SSSR count). The lowest BCUT2D eigenvalue weighted by Gasteiger charge is -2.46. The highest BCUT2D eigenvalue weighted by molar-refractivity contribution is 6.30. The summed E-state index contributed by atoms with van der Waals surface area (Å²) in [5, 5.41) is 9.36. The molecule has 0 radical (unpaired) electrons. The molecule has 4 heterocycles. The first-order valence-electron chi connectivity index (χ1n) is 9.81. The van der Waals surface area contributed by atoms with E-state index in [1.54, 1.807) is 12.4 Å². The normalized spacial score (nSPS) is 23.0. The fourth-order valence-corrected chi connectivity index (χ4v) is 4.45. The van der Waals surface area contributed by atoms with Crippen LogP contribution in [-0.2, 0) is 0 Å². The second-order valence-electron chi connectivity index (χ2n) is 7.65. The highest BCUT2D eigenvalue weighted by Crippen LogP contribution is 2.31. The number of para-hydroxylation sites is 1. The van der Waals surface area contributed by atoms with Gasteiger partial charge in [-0.2, -0.15) is 0 Å². The maximum atomic E-state index is 5.84. The molecule has 146 valence electrons. The van der Waals surface area contributed by atoms with Gasteiger partial charge < -0.3 is 14.7 Å². The summed E-state index contributed by atoms with van der Waals surface area (Å²) in [7, 11) is 0. The number of hydrogen-bond acceptors (Lipinski definition) is 7. The molecule has 0 saturated carbocycles. The molecule has 0 bridgehead atoms. The van der Waals surface area contributed by atoms with Gasteiger partial charge in [0.1, 0.15) is 0 Å². The van der Waals surface area contributed by atoms with Crippen molar-refractivity contribution in [1.29, 1.82) is 0 Å². The lowest BCUT2D eigenvalue weighted by Crippen LogP contribution is -2.57. The van der Waals surface area contributed by atoms with Crippen molar-refractivity contribution in [2.24, 2.45) is 5.92 Å². The van der Waals surface area contributed by atoms with Crippen molar-refractivity contribution in [3.8, 4) is 0 Å². The minimum absolute atomic E-state index is 0.559. The Balaban J connectivity index is 1.19. The van der Waals surface area contributed by atoms with E-state index in [0.29, 0.717) is 22.9 Å². The van der Waals surface area contributed by atoms with Crippen molar-refractivity contribution in [2.45, 2.75) is 18.9 Å². The van der Waals surface area contributed by atoms with Crippen molar-refractivity contribution < 1.29 is 4.52 Å². The number of benzene rings is 1. The summed E-state index contributed by atoms with van der Waals surface area (Å²) < 4.78 is 5.50. The molecule has 0 amide bonds. The molecule has 0 aliphatic carbocycles. The van der Waals surface area contributed by atoms with Crippen molar-refractivity contribution in [2.75, 3.05) is 42.9 Å². The minimum atomic E-state index is 0.559. The summed E-state index contributed by atoms with van der Waals surface area (Å²) in [5.74, 6) is 2.24. The monoisotopic (exact) mass is 398 g/mol. The van der Waals surface area contributed by atoms with Crippen molar-refractivity contribution in [3.63, 3.8) is 0 Å². The number of piperidine rings is 1. The van der Waals surface area contributed by atoms with Crippen molar-refractivity contribution in [3.05, 3.63) is 41.7 Å². The Kier molecular flexibility index (Phi) is 4.78. The van der Waals surface area contributed by atoms with E-state index in [0.717, 1.165) is 49.5 Å². The lowest BCUT2D eigenvalue weighted by atomic mass is 9.91. The number of nitrogens with one attached hydrogen (secondary N) is 1. The van der Waals surface area contributed by atoms with E-state index in [-0.39, 0.29) is 0 Å². The second kappa shape index (κ2) is 7.56. The third-order valence-electron chi connectivity index (χ3n) is 5.83. The van der Waals surface area contributed by atoms with Gasteiger partial charge in [0, 0.05) is 38.8 Å². The van der Waals surface area contributed by atoms with Gasteiger partial charge in [-0.15, -0.1) is 0 Å². The number of rotatable bonds is 4. The summed E-state index contributed by atoms with van der Waals surface area (Å²) in [6.07, 6.45) is 5.65. The zero-order valence-corrected chi connectivity index (χ0v) is 16.3. The number of aromatic nitrogens is 3. The molecule has 2 aromatic heterocycles. The van der Waals surface area contributed by atoms with Crippen LogP contribution in [0.25, 0.3) is 11.0 Å². The molecule has 1 N–H and O–H groups in total. The second-order valence-corrected chi connectivity index (χ2v) is 8.08. The topological polar surface area (TPSA) is 70.3 Å². The van der Waals surface area contributed by atoms with E-state index in [2.05, 4.69) is 36.3 Å². The van der Waals surface area contributed by atoms with Gasteiger partial charge >= 0.3 is 0 Å². The third-order valence-corrected chi connectivity index (χ3v) is 6.03. The Morgan fingerprint density at radius 2 is 1.96 bits per heavy atom. The SMILES string of the molecule is Clc1cnc(NC[C@@H]2CC[C@H]3CN(c4noc5ccccc45)CCN3C2)nc1. The molecule has 2 fully saturated rings. The van der Waals surface area contributed by atoms with Crippen molar-refractivity contribution >= 4 is 34.3 Å². The highest BCUT2D eigenvalue weighted by Gasteiger charge is 2.34. The van der Waals surface area contributed by atoms with Gasteiger partial charge in [0.25, 0.3) is 0 Å². The summed E-state index contributed by atoms with van der Waals surface area (Å²) in [6.45, 7) is 5.05. The van der Waals surface area contributed by atoms with E-state index in [4.69, 9.17) is 16.1 Å². The quantitative estimate of drug-likeness (QED) is 0.723. The van der Waals surface area contributed by atoms with Crippen LogP contribution in [-0.4, -0.2) is 58.8 Å². The van der Waals surface area contributed by atoms with Gasteiger partial charge in [0.05, 0.1) is 22.8 Å². The van der Waals surface area contributed by atoms with Crippen LogP contribution in [0, 0.1) is 5.92 Å². The van der Waals surface area contributed by atoms with E-state index in [9.17, 15) is 0 Å². The molecule has 2 saturated heterocycles. The van der Waals surface area contributed by atoms with Gasteiger partial charge in [0.15, 0.2) is 11.4 Å². The first kappa shape index (κ1) is 17.7. The molecule has 28 heavy (non-hydrogen) atoms. The largest absolute Gasteiger partial charge is 0.354 e. The third kappa shape index (κ3) is 3.52. The number of nitrogens with zero attached hydrogens (tertiary/aromatic N) is 5. The van der Waals surface area contributed by atoms with E-state index < -0.39 is 0 Å². The van der Waals surface area contributed by atoms with Crippen molar-refractivity contribution in [1.82, 2.24) is 20.0 Å². The van der Waals surface area contributed by atoms with Crippen LogP contribution in [0.5, 0.6) is 0 Å².